The van der Waals surface area contributed by atoms with Gasteiger partial charge in [-0.15, -0.1) is 0 Å². The van der Waals surface area contributed by atoms with E-state index in [1.165, 1.54) is 0 Å². The maximum absolute atomic E-state index is 12.5. The Kier molecular flexibility index (Phi) is 5.19. The molecule has 1 N–H and O–H groups in total. The Morgan fingerprint density at radius 2 is 1.82 bits per heavy atom. The third-order valence-corrected chi connectivity index (χ3v) is 4.98. The second-order valence-corrected chi connectivity index (χ2v) is 6.90. The van der Waals surface area contributed by atoms with Gasteiger partial charge in [0.25, 0.3) is 0 Å². The minimum atomic E-state index is -0.296. The molecule has 2 amide bonds. The lowest BCUT2D eigenvalue weighted by molar-refractivity contribution is -0.126. The maximum atomic E-state index is 12.5. The monoisotopic (exact) mass is 374 g/mol. The molecule has 4 rings (SSSR count). The van der Waals surface area contributed by atoms with Gasteiger partial charge in [0.2, 0.25) is 11.8 Å². The van der Waals surface area contributed by atoms with Crippen LogP contribution in [0.3, 0.4) is 0 Å². The SMILES string of the molecule is O=C(NCCc1ccc(-n2cccn2)cc1)C1CC(=O)N(c2ccccc2)C1. The van der Waals surface area contributed by atoms with Gasteiger partial charge in [-0.3, -0.25) is 9.59 Å². The van der Waals surface area contributed by atoms with Crippen molar-refractivity contribution in [3.8, 4) is 5.69 Å². The summed E-state index contributed by atoms with van der Waals surface area (Å²) in [4.78, 5) is 26.4. The molecule has 0 spiro atoms. The van der Waals surface area contributed by atoms with Crippen LogP contribution in [0.4, 0.5) is 5.69 Å². The van der Waals surface area contributed by atoms with Gasteiger partial charge < -0.3 is 10.2 Å². The standard InChI is InChI=1S/C22H22N4O2/c27-21-15-18(16-25(21)19-5-2-1-3-6-19)22(28)23-13-11-17-7-9-20(10-8-17)26-14-4-12-24-26/h1-10,12,14,18H,11,13,15-16H2,(H,23,28). The number of carbonyl (C=O) groups is 2. The fraction of sp³-hybridized carbons (Fsp3) is 0.227. The molecule has 2 aromatic carbocycles. The molecule has 1 unspecified atom stereocenters. The van der Waals surface area contributed by atoms with E-state index in [1.54, 1.807) is 15.8 Å². The van der Waals surface area contributed by atoms with Crippen LogP contribution < -0.4 is 10.2 Å². The molecular formula is C22H22N4O2. The number of benzene rings is 2. The predicted octanol–water partition coefficient (Wildman–Crippen LogP) is 2.58. The summed E-state index contributed by atoms with van der Waals surface area (Å²) in [5, 5.41) is 7.18. The van der Waals surface area contributed by atoms with E-state index >= 15 is 0 Å². The van der Waals surface area contributed by atoms with Crippen LogP contribution in [-0.2, 0) is 16.0 Å². The summed E-state index contributed by atoms with van der Waals surface area (Å²) in [5.41, 5.74) is 2.99. The fourth-order valence-corrected chi connectivity index (χ4v) is 3.45. The number of carbonyl (C=O) groups excluding carboxylic acids is 2. The first kappa shape index (κ1) is 18.0. The quantitative estimate of drug-likeness (QED) is 0.721. The van der Waals surface area contributed by atoms with Crippen molar-refractivity contribution in [1.29, 1.82) is 0 Å². The summed E-state index contributed by atoms with van der Waals surface area (Å²) in [6.45, 7) is 0.989. The van der Waals surface area contributed by atoms with Crippen molar-refractivity contribution < 1.29 is 9.59 Å². The Hall–Kier alpha value is -3.41. The molecule has 6 nitrogen and oxygen atoms in total. The number of hydrogen-bond donors (Lipinski definition) is 1. The smallest absolute Gasteiger partial charge is 0.227 e. The highest BCUT2D eigenvalue weighted by molar-refractivity contribution is 6.00. The minimum Gasteiger partial charge on any atom is -0.355 e. The molecule has 1 aliphatic rings. The second-order valence-electron chi connectivity index (χ2n) is 6.90. The van der Waals surface area contributed by atoms with Gasteiger partial charge in [0, 0.05) is 37.6 Å². The van der Waals surface area contributed by atoms with Crippen LogP contribution in [0.25, 0.3) is 5.69 Å². The predicted molar refractivity (Wildman–Crippen MR) is 107 cm³/mol. The Morgan fingerprint density at radius 3 is 2.54 bits per heavy atom. The van der Waals surface area contributed by atoms with Crippen molar-refractivity contribution in [2.45, 2.75) is 12.8 Å². The molecule has 1 aromatic heterocycles. The molecule has 142 valence electrons. The van der Waals surface area contributed by atoms with Crippen LogP contribution >= 0.6 is 0 Å². The number of amides is 2. The zero-order valence-corrected chi connectivity index (χ0v) is 15.5. The lowest BCUT2D eigenvalue weighted by atomic mass is 10.1. The van der Waals surface area contributed by atoms with E-state index in [0.29, 0.717) is 13.1 Å². The summed E-state index contributed by atoms with van der Waals surface area (Å²) >= 11 is 0. The van der Waals surface area contributed by atoms with Gasteiger partial charge in [0.05, 0.1) is 11.6 Å². The van der Waals surface area contributed by atoms with Crippen molar-refractivity contribution in [3.63, 3.8) is 0 Å². The Morgan fingerprint density at radius 1 is 1.04 bits per heavy atom. The first-order chi connectivity index (χ1) is 13.7. The van der Waals surface area contributed by atoms with Crippen LogP contribution in [0.15, 0.2) is 73.1 Å². The zero-order valence-electron chi connectivity index (χ0n) is 15.5. The van der Waals surface area contributed by atoms with Gasteiger partial charge >= 0.3 is 0 Å². The minimum absolute atomic E-state index is 0.000519. The molecule has 1 saturated heterocycles. The molecule has 1 aliphatic heterocycles. The molecule has 3 aromatic rings. The number of para-hydroxylation sites is 1. The van der Waals surface area contributed by atoms with Crippen molar-refractivity contribution in [1.82, 2.24) is 15.1 Å². The number of anilines is 1. The van der Waals surface area contributed by atoms with E-state index in [2.05, 4.69) is 10.4 Å². The number of aromatic nitrogens is 2. The average Bonchev–Trinajstić information content (AvgIpc) is 3.39. The van der Waals surface area contributed by atoms with Gasteiger partial charge in [-0.25, -0.2) is 4.68 Å². The zero-order chi connectivity index (χ0) is 19.3. The van der Waals surface area contributed by atoms with Gasteiger partial charge in [-0.05, 0) is 42.3 Å². The van der Waals surface area contributed by atoms with Gasteiger partial charge in [-0.2, -0.15) is 5.10 Å². The maximum Gasteiger partial charge on any atom is 0.227 e. The number of nitrogens with one attached hydrogen (secondary N) is 1. The van der Waals surface area contributed by atoms with Crippen molar-refractivity contribution in [3.05, 3.63) is 78.6 Å². The van der Waals surface area contributed by atoms with E-state index in [4.69, 9.17) is 0 Å². The summed E-state index contributed by atoms with van der Waals surface area (Å²) in [6, 6.07) is 19.5. The molecule has 28 heavy (non-hydrogen) atoms. The summed E-state index contributed by atoms with van der Waals surface area (Å²) < 4.78 is 1.81. The molecule has 0 aliphatic carbocycles. The largest absolute Gasteiger partial charge is 0.355 e. The van der Waals surface area contributed by atoms with E-state index < -0.39 is 0 Å². The first-order valence-electron chi connectivity index (χ1n) is 9.43. The van der Waals surface area contributed by atoms with E-state index in [0.717, 1.165) is 23.4 Å². The van der Waals surface area contributed by atoms with Crippen LogP contribution in [0.5, 0.6) is 0 Å². The second kappa shape index (κ2) is 8.08. The number of nitrogens with zero attached hydrogens (tertiary/aromatic N) is 3. The molecule has 1 atom stereocenters. The highest BCUT2D eigenvalue weighted by Crippen LogP contribution is 2.24. The lowest BCUT2D eigenvalue weighted by Gasteiger charge is -2.16. The normalized spacial score (nSPS) is 16.4. The molecule has 0 saturated carbocycles. The van der Waals surface area contributed by atoms with Crippen molar-refractivity contribution >= 4 is 17.5 Å². The van der Waals surface area contributed by atoms with Gasteiger partial charge in [0.1, 0.15) is 0 Å². The Bertz CT molecular complexity index is 936. The first-order valence-corrected chi connectivity index (χ1v) is 9.43. The highest BCUT2D eigenvalue weighted by Gasteiger charge is 2.34. The molecule has 2 heterocycles. The number of rotatable bonds is 6. The van der Waals surface area contributed by atoms with Crippen LogP contribution in [-0.4, -0.2) is 34.7 Å². The van der Waals surface area contributed by atoms with Crippen LogP contribution in [0, 0.1) is 5.92 Å². The van der Waals surface area contributed by atoms with Crippen LogP contribution in [0.2, 0.25) is 0 Å². The Labute approximate surface area is 163 Å². The molecule has 6 heteroatoms. The molecule has 1 fully saturated rings. The Balaban J connectivity index is 1.27. The van der Waals surface area contributed by atoms with Gasteiger partial charge in [-0.1, -0.05) is 30.3 Å². The number of hydrogen-bond acceptors (Lipinski definition) is 3. The van der Waals surface area contributed by atoms with Crippen LogP contribution in [0.1, 0.15) is 12.0 Å². The average molecular weight is 374 g/mol. The summed E-state index contributed by atoms with van der Waals surface area (Å²) in [7, 11) is 0. The van der Waals surface area contributed by atoms with E-state index in [-0.39, 0.29) is 24.2 Å². The summed E-state index contributed by atoms with van der Waals surface area (Å²) in [6.07, 6.45) is 4.65. The van der Waals surface area contributed by atoms with Gasteiger partial charge in [0.15, 0.2) is 0 Å². The lowest BCUT2D eigenvalue weighted by Crippen LogP contribution is -2.34. The summed E-state index contributed by atoms with van der Waals surface area (Å²) in [5.74, 6) is -0.351. The molecule has 0 radical (unpaired) electrons. The highest BCUT2D eigenvalue weighted by atomic mass is 16.2. The van der Waals surface area contributed by atoms with Crippen molar-refractivity contribution in [2.75, 3.05) is 18.0 Å². The molecular weight excluding hydrogens is 352 g/mol. The third-order valence-electron chi connectivity index (χ3n) is 4.98. The third kappa shape index (κ3) is 3.96. The topological polar surface area (TPSA) is 67.2 Å². The molecule has 0 bridgehead atoms. The van der Waals surface area contributed by atoms with Crippen molar-refractivity contribution in [2.24, 2.45) is 5.92 Å². The van der Waals surface area contributed by atoms with E-state index in [9.17, 15) is 9.59 Å². The van der Waals surface area contributed by atoms with E-state index in [1.807, 2.05) is 66.9 Å². The fourth-order valence-electron chi connectivity index (χ4n) is 3.45.